The average molecular weight is 1150 g/mol. The first-order chi connectivity index (χ1) is 40.5. The van der Waals surface area contributed by atoms with Crippen LogP contribution < -0.4 is 0 Å². The van der Waals surface area contributed by atoms with Crippen LogP contribution >= 0.6 is 0 Å². The Morgan fingerprint density at radius 2 is 0.415 bits per heavy atom. The van der Waals surface area contributed by atoms with Crippen molar-refractivity contribution < 1.29 is 28.6 Å². The summed E-state index contributed by atoms with van der Waals surface area (Å²) in [4.78, 5) is 38.3. The minimum Gasteiger partial charge on any atom is -0.462 e. The first-order valence-electron chi connectivity index (χ1n) is 37.3. The summed E-state index contributed by atoms with van der Waals surface area (Å²) in [5, 5.41) is 0. The number of rotatable bonds is 70. The molecule has 82 heavy (non-hydrogen) atoms. The van der Waals surface area contributed by atoms with Gasteiger partial charge in [-0.15, -0.1) is 0 Å². The maximum absolute atomic E-state index is 12.9. The summed E-state index contributed by atoms with van der Waals surface area (Å²) in [6.07, 6.45) is 88.2. The van der Waals surface area contributed by atoms with Gasteiger partial charge in [0.1, 0.15) is 13.2 Å². The quantitative estimate of drug-likeness (QED) is 0.0261. The van der Waals surface area contributed by atoms with Gasteiger partial charge in [-0.05, 0) is 64.2 Å². The lowest BCUT2D eigenvalue weighted by molar-refractivity contribution is -0.167. The molecule has 0 fully saturated rings. The van der Waals surface area contributed by atoms with Gasteiger partial charge in [0.2, 0.25) is 0 Å². The minimum absolute atomic E-state index is 0.0707. The smallest absolute Gasteiger partial charge is 0.306 e. The molecule has 0 amide bonds. The summed E-state index contributed by atoms with van der Waals surface area (Å²) >= 11 is 0. The van der Waals surface area contributed by atoms with Gasteiger partial charge in [0.15, 0.2) is 6.10 Å². The third-order valence-corrected chi connectivity index (χ3v) is 17.2. The highest BCUT2D eigenvalue weighted by molar-refractivity contribution is 5.71. The zero-order valence-electron chi connectivity index (χ0n) is 55.8. The number of unbranched alkanes of at least 4 members (excludes halogenated alkanes) is 55. The number of allylic oxidation sites excluding steroid dienone is 4. The monoisotopic (exact) mass is 1150 g/mol. The molecule has 0 saturated heterocycles. The molecule has 0 N–H and O–H groups in total. The van der Waals surface area contributed by atoms with E-state index >= 15 is 0 Å². The van der Waals surface area contributed by atoms with E-state index in [-0.39, 0.29) is 31.1 Å². The van der Waals surface area contributed by atoms with E-state index in [9.17, 15) is 14.4 Å². The first kappa shape index (κ1) is 79.9. The van der Waals surface area contributed by atoms with E-state index in [1.807, 2.05) is 0 Å². The zero-order valence-corrected chi connectivity index (χ0v) is 55.8. The average Bonchev–Trinajstić information content (AvgIpc) is 3.47. The van der Waals surface area contributed by atoms with Crippen molar-refractivity contribution in [1.29, 1.82) is 0 Å². The fourth-order valence-corrected chi connectivity index (χ4v) is 11.5. The number of carbonyl (C=O) groups is 3. The molecule has 0 aliphatic carbocycles. The van der Waals surface area contributed by atoms with Crippen molar-refractivity contribution in [2.24, 2.45) is 0 Å². The van der Waals surface area contributed by atoms with E-state index in [2.05, 4.69) is 45.1 Å². The van der Waals surface area contributed by atoms with Crippen LogP contribution in [0.1, 0.15) is 425 Å². The first-order valence-corrected chi connectivity index (χ1v) is 37.3. The predicted octanol–water partition coefficient (Wildman–Crippen LogP) is 25.7. The highest BCUT2D eigenvalue weighted by Gasteiger charge is 2.20. The molecule has 0 aromatic heterocycles. The molecular formula is C76H144O6. The minimum atomic E-state index is -0.775. The number of hydrogen-bond acceptors (Lipinski definition) is 6. The maximum Gasteiger partial charge on any atom is 0.306 e. The topological polar surface area (TPSA) is 78.9 Å². The van der Waals surface area contributed by atoms with Crippen LogP contribution in [0, 0.1) is 0 Å². The van der Waals surface area contributed by atoms with Gasteiger partial charge in [0.05, 0.1) is 0 Å². The highest BCUT2D eigenvalue weighted by atomic mass is 16.6. The largest absolute Gasteiger partial charge is 0.462 e. The Morgan fingerprint density at radius 3 is 0.646 bits per heavy atom. The lowest BCUT2D eigenvalue weighted by atomic mass is 10.0. The Balaban J connectivity index is 4.02. The number of hydrogen-bond donors (Lipinski definition) is 0. The Bertz CT molecular complexity index is 1320. The molecule has 0 aromatic carbocycles. The van der Waals surface area contributed by atoms with Crippen molar-refractivity contribution in [3.8, 4) is 0 Å². The molecule has 0 saturated carbocycles. The van der Waals surface area contributed by atoms with Crippen LogP contribution in [0.15, 0.2) is 24.3 Å². The van der Waals surface area contributed by atoms with Crippen molar-refractivity contribution in [2.45, 2.75) is 431 Å². The Kier molecular flexibility index (Phi) is 69.5. The Morgan fingerprint density at radius 1 is 0.232 bits per heavy atom. The van der Waals surface area contributed by atoms with Crippen LogP contribution in [0.5, 0.6) is 0 Å². The SMILES string of the molecule is CCCC/C=C\CCCCCCCC(=O)OCC(COC(=O)CCCCCCCCCCCCCCCCCCCCCCCCCCCCCCCCCCCCC)OC(=O)CCCCCCCCC/C=C\CCCCCCCCC. The van der Waals surface area contributed by atoms with Crippen LogP contribution in [-0.4, -0.2) is 37.2 Å². The molecule has 0 spiro atoms. The summed E-state index contributed by atoms with van der Waals surface area (Å²) in [6, 6.07) is 0. The molecule has 0 rings (SSSR count). The van der Waals surface area contributed by atoms with Crippen LogP contribution in [0.25, 0.3) is 0 Å². The predicted molar refractivity (Wildman–Crippen MR) is 358 cm³/mol. The number of carbonyl (C=O) groups excluding carboxylic acids is 3. The molecule has 1 atom stereocenters. The molecule has 1 unspecified atom stereocenters. The molecule has 0 heterocycles. The van der Waals surface area contributed by atoms with E-state index in [1.54, 1.807) is 0 Å². The Hall–Kier alpha value is -2.11. The summed E-state index contributed by atoms with van der Waals surface area (Å²) in [7, 11) is 0. The summed E-state index contributed by atoms with van der Waals surface area (Å²) in [5.74, 6) is -0.857. The number of esters is 3. The standard InChI is InChI=1S/C76H144O6/c1-4-7-10-13-16-19-22-24-26-28-30-31-32-33-34-35-36-37-38-39-40-41-42-43-44-45-46-48-49-51-54-57-60-63-66-69-75(78)81-72-73(71-80-74(77)68-65-62-59-56-53-21-18-15-12-9-6-3)82-76(79)70-67-64-61-58-55-52-50-47-29-27-25-23-20-17-14-11-8-5-2/h15,18,27,29,73H,4-14,16-17,19-26,28,30-72H2,1-3H3/b18-15-,29-27-. The zero-order chi connectivity index (χ0) is 59.2. The summed E-state index contributed by atoms with van der Waals surface area (Å²) in [6.45, 7) is 6.67. The van der Waals surface area contributed by atoms with Crippen molar-refractivity contribution in [3.63, 3.8) is 0 Å². The van der Waals surface area contributed by atoms with Crippen LogP contribution in [-0.2, 0) is 28.6 Å². The third-order valence-electron chi connectivity index (χ3n) is 17.2. The molecule has 0 aliphatic heterocycles. The number of ether oxygens (including phenoxy) is 3. The van der Waals surface area contributed by atoms with Crippen LogP contribution in [0.4, 0.5) is 0 Å². The van der Waals surface area contributed by atoms with E-state index in [0.29, 0.717) is 19.3 Å². The van der Waals surface area contributed by atoms with Gasteiger partial charge in [0.25, 0.3) is 0 Å². The van der Waals surface area contributed by atoms with Gasteiger partial charge in [-0.3, -0.25) is 14.4 Å². The summed E-state index contributed by atoms with van der Waals surface area (Å²) < 4.78 is 17.0. The van der Waals surface area contributed by atoms with E-state index in [4.69, 9.17) is 14.2 Å². The van der Waals surface area contributed by atoms with E-state index < -0.39 is 6.10 Å². The van der Waals surface area contributed by atoms with E-state index in [1.165, 1.54) is 321 Å². The normalized spacial score (nSPS) is 12.1. The summed E-state index contributed by atoms with van der Waals surface area (Å²) in [5.41, 5.74) is 0. The molecule has 0 aliphatic rings. The molecular weight excluding hydrogens is 1010 g/mol. The lowest BCUT2D eigenvalue weighted by Gasteiger charge is -2.18. The molecule has 0 radical (unpaired) electrons. The molecule has 0 bridgehead atoms. The fraction of sp³-hybridized carbons (Fsp3) is 0.908. The third kappa shape index (κ3) is 68.7. The van der Waals surface area contributed by atoms with Gasteiger partial charge in [-0.2, -0.15) is 0 Å². The van der Waals surface area contributed by atoms with Crippen molar-refractivity contribution >= 4 is 17.9 Å². The molecule has 6 heteroatoms. The molecule has 484 valence electrons. The lowest BCUT2D eigenvalue weighted by Crippen LogP contribution is -2.30. The van der Waals surface area contributed by atoms with Gasteiger partial charge in [0, 0.05) is 19.3 Å². The van der Waals surface area contributed by atoms with Gasteiger partial charge in [-0.1, -0.05) is 366 Å². The Labute approximate surface area is 513 Å². The van der Waals surface area contributed by atoms with Crippen LogP contribution in [0.2, 0.25) is 0 Å². The second-order valence-corrected chi connectivity index (χ2v) is 25.6. The molecule has 6 nitrogen and oxygen atoms in total. The van der Waals surface area contributed by atoms with Crippen molar-refractivity contribution in [2.75, 3.05) is 13.2 Å². The van der Waals surface area contributed by atoms with Crippen molar-refractivity contribution in [3.05, 3.63) is 24.3 Å². The van der Waals surface area contributed by atoms with Gasteiger partial charge in [-0.25, -0.2) is 0 Å². The second kappa shape index (κ2) is 71.4. The fourth-order valence-electron chi connectivity index (χ4n) is 11.5. The van der Waals surface area contributed by atoms with E-state index in [0.717, 1.165) is 64.2 Å². The van der Waals surface area contributed by atoms with Gasteiger partial charge >= 0.3 is 17.9 Å². The van der Waals surface area contributed by atoms with Crippen LogP contribution in [0.3, 0.4) is 0 Å². The van der Waals surface area contributed by atoms with Crippen molar-refractivity contribution in [1.82, 2.24) is 0 Å². The second-order valence-electron chi connectivity index (χ2n) is 25.6. The maximum atomic E-state index is 12.9. The molecule has 0 aromatic rings. The highest BCUT2D eigenvalue weighted by Crippen LogP contribution is 2.19. The van der Waals surface area contributed by atoms with Gasteiger partial charge < -0.3 is 14.2 Å².